The van der Waals surface area contributed by atoms with Crippen molar-refractivity contribution in [2.75, 3.05) is 0 Å². The van der Waals surface area contributed by atoms with Crippen molar-refractivity contribution in [3.8, 4) is 0 Å². The van der Waals surface area contributed by atoms with Gasteiger partial charge in [-0.3, -0.25) is 9.89 Å². The van der Waals surface area contributed by atoms with Crippen LogP contribution in [0.1, 0.15) is 56.1 Å². The summed E-state index contributed by atoms with van der Waals surface area (Å²) < 4.78 is 8.23. The summed E-state index contributed by atoms with van der Waals surface area (Å²) in [6.45, 7) is 4.91. The molecule has 176 valence electrons. The number of benzene rings is 3. The quantitative estimate of drug-likeness (QED) is 0.391. The maximum atomic E-state index is 13.0. The zero-order chi connectivity index (χ0) is 24.4. The second kappa shape index (κ2) is 7.98. The highest BCUT2D eigenvalue weighted by Gasteiger charge is 2.43. The number of H-pyrrole nitrogens is 1. The van der Waals surface area contributed by atoms with E-state index in [-0.39, 0.29) is 18.1 Å². The van der Waals surface area contributed by atoms with Crippen molar-refractivity contribution in [1.82, 2.24) is 15.5 Å². The zero-order valence-electron chi connectivity index (χ0n) is 19.2. The molecule has 2 unspecified atom stereocenters. The van der Waals surface area contributed by atoms with Gasteiger partial charge < -0.3 is 10.1 Å². The summed E-state index contributed by atoms with van der Waals surface area (Å²) in [4.78, 5) is 13.0. The van der Waals surface area contributed by atoms with Crippen molar-refractivity contribution in [2.45, 2.75) is 25.3 Å². The Labute approximate surface area is 211 Å². The van der Waals surface area contributed by atoms with Crippen LogP contribution in [0.3, 0.4) is 0 Å². The number of hydrogen-bond acceptors (Lipinski definition) is 4. The topological polar surface area (TPSA) is 82.4 Å². The molecule has 3 aliphatic heterocycles. The first-order valence-corrected chi connectivity index (χ1v) is 12.1. The zero-order valence-corrected chi connectivity index (χ0v) is 19.9. The second-order valence-corrected chi connectivity index (χ2v) is 9.73. The number of ether oxygens (including phenoxy) is 1. The molecule has 36 heavy (non-hydrogen) atoms. The lowest BCUT2D eigenvalue weighted by atomic mass is 9.84. The van der Waals surface area contributed by atoms with Crippen LogP contribution in [0.2, 0.25) is 5.02 Å². The number of fused-ring (bicyclic) bond motifs is 9. The standard InChI is InChI=1S/C28H20ClN5O2/c1-15-11-31-34(13-15)14-16-2-5-19-21(8-16)27-22-9-17(3-6-20(22)26(19)36-27)28(35)30-12-25-23-10-18(29)4-7-24(23)32-33-25/h2-11,13,26-27H,1,12,14H2,(H-,30,32,33,35)/p+1. The molecule has 2 N–H and O–H groups in total. The second-order valence-electron chi connectivity index (χ2n) is 9.30. The molecule has 2 bridgehead atoms. The van der Waals surface area contributed by atoms with Crippen LogP contribution in [0.4, 0.5) is 0 Å². The third-order valence-corrected chi connectivity index (χ3v) is 7.19. The van der Waals surface area contributed by atoms with Crippen LogP contribution < -0.4 is 5.32 Å². The normalized spacial score (nSPS) is 19.0. The van der Waals surface area contributed by atoms with E-state index >= 15 is 0 Å². The van der Waals surface area contributed by atoms with Crippen LogP contribution >= 0.6 is 11.6 Å². The Morgan fingerprint density at radius 2 is 1.86 bits per heavy atom. The molecular weight excluding hydrogens is 474 g/mol. The summed E-state index contributed by atoms with van der Waals surface area (Å²) in [5, 5.41) is 16.1. The molecule has 7 rings (SSSR count). The molecule has 0 radical (unpaired) electrons. The Hall–Kier alpha value is -4.07. The number of halogens is 1. The predicted molar refractivity (Wildman–Crippen MR) is 138 cm³/mol. The van der Waals surface area contributed by atoms with E-state index in [9.17, 15) is 4.79 Å². The number of hydrogen-bond donors (Lipinski definition) is 2. The Bertz CT molecular complexity index is 1670. The van der Waals surface area contributed by atoms with Crippen molar-refractivity contribution < 1.29 is 14.2 Å². The molecule has 4 heterocycles. The molecular formula is C28H21ClN5O2+. The van der Waals surface area contributed by atoms with Crippen LogP contribution in [0.5, 0.6) is 0 Å². The minimum atomic E-state index is -0.174. The molecule has 0 saturated carbocycles. The third-order valence-electron chi connectivity index (χ3n) is 6.95. The van der Waals surface area contributed by atoms with E-state index in [4.69, 9.17) is 16.3 Å². The number of aromatic nitrogens is 2. The minimum absolute atomic E-state index is 0.0941. The molecule has 4 aromatic rings. The number of allylic oxidation sites excluding steroid dienone is 1. The van der Waals surface area contributed by atoms with Gasteiger partial charge in [0, 0.05) is 21.5 Å². The molecule has 3 aliphatic rings. The van der Waals surface area contributed by atoms with Crippen LogP contribution in [-0.2, 0) is 17.8 Å². The number of carbonyl (C=O) groups is 1. The minimum Gasteiger partial charge on any atom is -0.356 e. The van der Waals surface area contributed by atoms with Gasteiger partial charge in [-0.1, -0.05) is 41.1 Å². The molecule has 0 aliphatic carbocycles. The van der Waals surface area contributed by atoms with Gasteiger partial charge in [0.15, 0.2) is 6.54 Å². The SMILES string of the molecule is C=C1C=N[N+](Cc2ccc3c(c2)C2OC3c3ccc(C(=O)NCc4[nH]nc5ccc(Cl)cc45)cc32)=C1. The highest BCUT2D eigenvalue weighted by Crippen LogP contribution is 2.54. The first kappa shape index (κ1) is 21.2. The van der Waals surface area contributed by atoms with E-state index in [1.165, 1.54) is 5.56 Å². The number of carbonyl (C=O) groups excluding carboxylic acids is 1. The van der Waals surface area contributed by atoms with Crippen LogP contribution in [0, 0.1) is 0 Å². The van der Waals surface area contributed by atoms with Gasteiger partial charge in [-0.25, -0.2) is 0 Å². The van der Waals surface area contributed by atoms with Crippen molar-refractivity contribution in [3.63, 3.8) is 0 Å². The monoisotopic (exact) mass is 494 g/mol. The number of rotatable bonds is 5. The fraction of sp³-hybridized carbons (Fsp3) is 0.143. The van der Waals surface area contributed by atoms with Gasteiger partial charge in [0.1, 0.15) is 18.4 Å². The summed E-state index contributed by atoms with van der Waals surface area (Å²) in [6.07, 6.45) is 3.41. The molecule has 1 aromatic heterocycles. The Morgan fingerprint density at radius 3 is 2.69 bits per heavy atom. The van der Waals surface area contributed by atoms with Gasteiger partial charge in [0.25, 0.3) is 5.91 Å². The summed E-state index contributed by atoms with van der Waals surface area (Å²) >= 11 is 6.13. The van der Waals surface area contributed by atoms with Gasteiger partial charge >= 0.3 is 0 Å². The first-order valence-electron chi connectivity index (χ1n) is 11.7. The Kier molecular flexibility index (Phi) is 4.71. The number of nitrogens with zero attached hydrogens (tertiary/aromatic N) is 3. The van der Waals surface area contributed by atoms with E-state index in [0.717, 1.165) is 44.4 Å². The van der Waals surface area contributed by atoms with E-state index in [2.05, 4.69) is 45.4 Å². The largest absolute Gasteiger partial charge is 0.356 e. The van der Waals surface area contributed by atoms with Crippen LogP contribution in [-0.4, -0.2) is 33.2 Å². The summed E-state index contributed by atoms with van der Waals surface area (Å²) in [6, 6.07) is 17.8. The van der Waals surface area contributed by atoms with E-state index in [0.29, 0.717) is 23.7 Å². The van der Waals surface area contributed by atoms with Crippen molar-refractivity contribution in [3.05, 3.63) is 111 Å². The van der Waals surface area contributed by atoms with E-state index < -0.39 is 0 Å². The average molecular weight is 495 g/mol. The lowest BCUT2D eigenvalue weighted by Crippen LogP contribution is -2.23. The molecule has 7 nitrogen and oxygen atoms in total. The van der Waals surface area contributed by atoms with Gasteiger partial charge in [0.05, 0.1) is 23.3 Å². The molecule has 1 amide bonds. The number of aromatic amines is 1. The highest BCUT2D eigenvalue weighted by atomic mass is 35.5. The molecule has 0 saturated heterocycles. The van der Waals surface area contributed by atoms with Crippen molar-refractivity contribution >= 4 is 40.8 Å². The fourth-order valence-corrected chi connectivity index (χ4v) is 5.43. The first-order chi connectivity index (χ1) is 17.5. The summed E-state index contributed by atoms with van der Waals surface area (Å²) in [7, 11) is 0. The summed E-state index contributed by atoms with van der Waals surface area (Å²) in [5.74, 6) is -0.151. The molecule has 3 aromatic carbocycles. The van der Waals surface area contributed by atoms with Crippen LogP contribution in [0.15, 0.2) is 71.9 Å². The third kappa shape index (κ3) is 3.39. The number of hydrazone groups is 1. The Morgan fingerprint density at radius 1 is 1.06 bits per heavy atom. The Balaban J connectivity index is 1.11. The lowest BCUT2D eigenvalue weighted by Gasteiger charge is -2.17. The smallest absolute Gasteiger partial charge is 0.251 e. The van der Waals surface area contributed by atoms with Gasteiger partial charge in [-0.05, 0) is 63.8 Å². The summed E-state index contributed by atoms with van der Waals surface area (Å²) in [5.41, 5.74) is 8.79. The van der Waals surface area contributed by atoms with Crippen molar-refractivity contribution in [2.24, 2.45) is 5.10 Å². The molecule has 2 atom stereocenters. The van der Waals surface area contributed by atoms with Crippen LogP contribution in [0.25, 0.3) is 10.9 Å². The lowest BCUT2D eigenvalue weighted by molar-refractivity contribution is -0.541. The van der Waals surface area contributed by atoms with E-state index in [1.54, 1.807) is 12.3 Å². The highest BCUT2D eigenvalue weighted by molar-refractivity contribution is 6.31. The number of amides is 1. The van der Waals surface area contributed by atoms with Gasteiger partial charge in [-0.2, -0.15) is 5.10 Å². The maximum Gasteiger partial charge on any atom is 0.251 e. The van der Waals surface area contributed by atoms with Gasteiger partial charge in [0.2, 0.25) is 6.21 Å². The maximum absolute atomic E-state index is 13.0. The van der Waals surface area contributed by atoms with E-state index in [1.807, 2.05) is 41.2 Å². The van der Waals surface area contributed by atoms with Crippen molar-refractivity contribution in [1.29, 1.82) is 0 Å². The molecule has 0 spiro atoms. The average Bonchev–Trinajstić information content (AvgIpc) is 3.65. The predicted octanol–water partition coefficient (Wildman–Crippen LogP) is 4.81. The fourth-order valence-electron chi connectivity index (χ4n) is 5.26. The molecule has 0 fully saturated rings. The molecule has 8 heteroatoms. The van der Waals surface area contributed by atoms with Gasteiger partial charge in [-0.15, -0.1) is 0 Å². The number of nitrogens with one attached hydrogen (secondary N) is 2.